The number of benzene rings is 1. The third kappa shape index (κ3) is 1.77. The molecule has 0 aliphatic carbocycles. The molecule has 3 heteroatoms. The van der Waals surface area contributed by atoms with Crippen molar-refractivity contribution in [3.63, 3.8) is 0 Å². The van der Waals surface area contributed by atoms with Crippen LogP contribution < -0.4 is 5.32 Å². The van der Waals surface area contributed by atoms with Crippen molar-refractivity contribution >= 4 is 23.4 Å². The third-order valence-electron chi connectivity index (χ3n) is 2.26. The molecule has 74 valence electrons. The van der Waals surface area contributed by atoms with Crippen LogP contribution in [0.1, 0.15) is 18.9 Å². The molecule has 0 radical (unpaired) electrons. The van der Waals surface area contributed by atoms with Gasteiger partial charge in [0, 0.05) is 4.90 Å². The molecule has 0 bridgehead atoms. The van der Waals surface area contributed by atoms with Gasteiger partial charge in [-0.15, -0.1) is 11.8 Å². The lowest BCUT2D eigenvalue weighted by atomic mass is 10.1. The van der Waals surface area contributed by atoms with E-state index in [1.165, 1.54) is 10.5 Å². The number of anilines is 1. The molecule has 14 heavy (non-hydrogen) atoms. The zero-order valence-corrected chi connectivity index (χ0v) is 8.99. The first kappa shape index (κ1) is 9.59. The number of aryl methyl sites for hydroxylation is 1. The third-order valence-corrected chi connectivity index (χ3v) is 3.31. The quantitative estimate of drug-likeness (QED) is 0.807. The Balaban J connectivity index is 2.38. The van der Waals surface area contributed by atoms with E-state index in [4.69, 9.17) is 0 Å². The van der Waals surface area contributed by atoms with Gasteiger partial charge in [-0.05, 0) is 18.1 Å². The largest absolute Gasteiger partial charge is 0.324 e. The molecular weight excluding hydrogens is 194 g/mol. The first-order valence-corrected chi connectivity index (χ1v) is 5.84. The van der Waals surface area contributed by atoms with Gasteiger partial charge in [-0.2, -0.15) is 0 Å². The predicted molar refractivity (Wildman–Crippen MR) is 59.8 cm³/mol. The Hall–Kier alpha value is -0.960. The topological polar surface area (TPSA) is 29.1 Å². The van der Waals surface area contributed by atoms with Gasteiger partial charge in [-0.3, -0.25) is 4.79 Å². The van der Waals surface area contributed by atoms with Crippen molar-refractivity contribution < 1.29 is 4.79 Å². The van der Waals surface area contributed by atoms with E-state index in [1.807, 2.05) is 0 Å². The van der Waals surface area contributed by atoms with Crippen molar-refractivity contribution in [1.29, 1.82) is 0 Å². The van der Waals surface area contributed by atoms with Crippen LogP contribution in [0.4, 0.5) is 5.69 Å². The number of carbonyl (C=O) groups is 1. The fourth-order valence-electron chi connectivity index (χ4n) is 1.64. The van der Waals surface area contributed by atoms with Crippen LogP contribution in [0.25, 0.3) is 0 Å². The van der Waals surface area contributed by atoms with Crippen molar-refractivity contribution in [1.82, 2.24) is 0 Å². The molecule has 1 amide bonds. The maximum absolute atomic E-state index is 11.3. The minimum Gasteiger partial charge on any atom is -0.324 e. The predicted octanol–water partition coefficient (Wildman–Crippen LogP) is 2.68. The maximum atomic E-state index is 11.3. The summed E-state index contributed by atoms with van der Waals surface area (Å²) >= 11 is 1.62. The molecule has 1 aromatic carbocycles. The summed E-state index contributed by atoms with van der Waals surface area (Å²) in [4.78, 5) is 12.5. The number of nitrogens with one attached hydrogen (secondary N) is 1. The van der Waals surface area contributed by atoms with E-state index >= 15 is 0 Å². The van der Waals surface area contributed by atoms with Crippen molar-refractivity contribution in [2.45, 2.75) is 24.7 Å². The number of hydrogen-bond acceptors (Lipinski definition) is 2. The average Bonchev–Trinajstić information content (AvgIpc) is 2.19. The highest BCUT2D eigenvalue weighted by atomic mass is 32.2. The van der Waals surface area contributed by atoms with Crippen LogP contribution in [0.5, 0.6) is 0 Å². The zero-order valence-electron chi connectivity index (χ0n) is 8.17. The Morgan fingerprint density at radius 1 is 1.50 bits per heavy atom. The number of carbonyl (C=O) groups excluding carboxylic acids is 1. The van der Waals surface area contributed by atoms with Crippen LogP contribution >= 0.6 is 11.8 Å². The number of para-hydroxylation sites is 1. The number of amides is 1. The van der Waals surface area contributed by atoms with Crippen LogP contribution in [-0.2, 0) is 11.2 Å². The summed E-state index contributed by atoms with van der Waals surface area (Å²) in [5.74, 6) is 0.661. The number of rotatable bonds is 2. The van der Waals surface area contributed by atoms with Crippen molar-refractivity contribution in [2.75, 3.05) is 11.1 Å². The minimum absolute atomic E-state index is 0.117. The number of hydrogen-bond donors (Lipinski definition) is 1. The molecule has 1 N–H and O–H groups in total. The van der Waals surface area contributed by atoms with E-state index in [0.717, 1.165) is 18.5 Å². The molecule has 1 aromatic rings. The van der Waals surface area contributed by atoms with Gasteiger partial charge < -0.3 is 5.32 Å². The van der Waals surface area contributed by atoms with E-state index in [9.17, 15) is 4.79 Å². The molecule has 0 unspecified atom stereocenters. The molecule has 1 aliphatic heterocycles. The summed E-state index contributed by atoms with van der Waals surface area (Å²) in [5, 5.41) is 2.95. The zero-order chi connectivity index (χ0) is 9.97. The lowest BCUT2D eigenvalue weighted by Gasteiger charge is -2.19. The van der Waals surface area contributed by atoms with E-state index in [0.29, 0.717) is 5.75 Å². The molecule has 0 fully saturated rings. The van der Waals surface area contributed by atoms with Gasteiger partial charge in [0.15, 0.2) is 0 Å². The van der Waals surface area contributed by atoms with E-state index in [2.05, 4.69) is 30.4 Å². The van der Waals surface area contributed by atoms with Gasteiger partial charge in [-0.1, -0.05) is 25.5 Å². The van der Waals surface area contributed by atoms with Crippen molar-refractivity contribution in [3.8, 4) is 0 Å². The van der Waals surface area contributed by atoms with Gasteiger partial charge >= 0.3 is 0 Å². The second-order valence-corrected chi connectivity index (χ2v) is 4.39. The Labute approximate surface area is 88.1 Å². The summed E-state index contributed by atoms with van der Waals surface area (Å²) < 4.78 is 0. The van der Waals surface area contributed by atoms with Crippen LogP contribution in [0.2, 0.25) is 0 Å². The smallest absolute Gasteiger partial charge is 0.234 e. The van der Waals surface area contributed by atoms with Gasteiger partial charge in [0.05, 0.1) is 11.4 Å². The van der Waals surface area contributed by atoms with Gasteiger partial charge in [0.2, 0.25) is 5.91 Å². The second kappa shape index (κ2) is 4.05. The van der Waals surface area contributed by atoms with Gasteiger partial charge in [0.25, 0.3) is 0 Å². The molecule has 0 aromatic heterocycles. The standard InChI is InChI=1S/C11H13NOS/c1-2-4-8-5-3-6-9-11(8)12-10(13)7-14-9/h3,5-6H,2,4,7H2,1H3,(H,12,13). The average molecular weight is 207 g/mol. The van der Waals surface area contributed by atoms with Crippen LogP contribution in [0.15, 0.2) is 23.1 Å². The fourth-order valence-corrected chi connectivity index (χ4v) is 2.50. The Morgan fingerprint density at radius 2 is 2.36 bits per heavy atom. The fraction of sp³-hybridized carbons (Fsp3) is 0.364. The normalized spacial score (nSPS) is 14.8. The Kier molecular flexibility index (Phi) is 2.77. The lowest BCUT2D eigenvalue weighted by molar-refractivity contribution is -0.113. The minimum atomic E-state index is 0.117. The van der Waals surface area contributed by atoms with Crippen LogP contribution in [0.3, 0.4) is 0 Å². The number of thioether (sulfide) groups is 1. The van der Waals surface area contributed by atoms with Crippen LogP contribution in [-0.4, -0.2) is 11.7 Å². The summed E-state index contributed by atoms with van der Waals surface area (Å²) in [6.07, 6.45) is 2.14. The summed E-state index contributed by atoms with van der Waals surface area (Å²) in [6, 6.07) is 6.22. The Bertz CT molecular complexity index is 362. The Morgan fingerprint density at radius 3 is 3.14 bits per heavy atom. The summed E-state index contributed by atoms with van der Waals surface area (Å²) in [6.45, 7) is 2.15. The monoisotopic (exact) mass is 207 g/mol. The van der Waals surface area contributed by atoms with E-state index in [1.54, 1.807) is 11.8 Å². The first-order chi connectivity index (χ1) is 6.81. The molecule has 1 aliphatic rings. The van der Waals surface area contributed by atoms with E-state index in [-0.39, 0.29) is 5.91 Å². The number of fused-ring (bicyclic) bond motifs is 1. The molecule has 0 atom stereocenters. The SMILES string of the molecule is CCCc1cccc2c1NC(=O)CS2. The highest BCUT2D eigenvalue weighted by Gasteiger charge is 2.17. The van der Waals surface area contributed by atoms with Crippen molar-refractivity contribution in [3.05, 3.63) is 23.8 Å². The molecule has 0 saturated heterocycles. The summed E-state index contributed by atoms with van der Waals surface area (Å²) in [5.41, 5.74) is 2.29. The molecule has 0 spiro atoms. The first-order valence-electron chi connectivity index (χ1n) is 4.86. The molecule has 1 heterocycles. The van der Waals surface area contributed by atoms with E-state index < -0.39 is 0 Å². The molecular formula is C11H13NOS. The summed E-state index contributed by atoms with van der Waals surface area (Å²) in [7, 11) is 0. The maximum Gasteiger partial charge on any atom is 0.234 e. The highest BCUT2D eigenvalue weighted by Crippen LogP contribution is 2.34. The lowest BCUT2D eigenvalue weighted by Crippen LogP contribution is -2.19. The highest BCUT2D eigenvalue weighted by molar-refractivity contribution is 8.00. The van der Waals surface area contributed by atoms with Crippen LogP contribution in [0, 0.1) is 0 Å². The molecule has 2 nitrogen and oxygen atoms in total. The van der Waals surface area contributed by atoms with Crippen molar-refractivity contribution in [2.24, 2.45) is 0 Å². The van der Waals surface area contributed by atoms with Gasteiger partial charge in [-0.25, -0.2) is 0 Å². The second-order valence-electron chi connectivity index (χ2n) is 3.38. The molecule has 0 saturated carbocycles. The molecule has 2 rings (SSSR count). The van der Waals surface area contributed by atoms with Gasteiger partial charge in [0.1, 0.15) is 0 Å².